The highest BCUT2D eigenvalue weighted by Crippen LogP contribution is 2.24. The Morgan fingerprint density at radius 1 is 0.810 bits per heavy atom. The molecule has 2 N–H and O–H groups in total. The number of hydrogen-bond donors (Lipinski definition) is 1. The zero-order valence-electron chi connectivity index (χ0n) is 12.7. The van der Waals surface area contributed by atoms with Crippen LogP contribution in [0.1, 0.15) is 36.0 Å². The molecule has 0 aliphatic heterocycles. The van der Waals surface area contributed by atoms with Gasteiger partial charge in [0.2, 0.25) is 0 Å². The number of hydrogen-bond acceptors (Lipinski definition) is 1. The lowest BCUT2D eigenvalue weighted by atomic mass is 9.97. The van der Waals surface area contributed by atoms with E-state index in [9.17, 15) is 0 Å². The second kappa shape index (κ2) is 6.94. The maximum absolute atomic E-state index is 5.70. The summed E-state index contributed by atoms with van der Waals surface area (Å²) in [5.74, 6) is 0. The summed E-state index contributed by atoms with van der Waals surface area (Å²) in [5, 5.41) is 0. The number of aryl methyl sites for hydroxylation is 1. The van der Waals surface area contributed by atoms with Crippen molar-refractivity contribution in [1.82, 2.24) is 0 Å². The summed E-state index contributed by atoms with van der Waals surface area (Å²) in [6.45, 7) is 10.5. The van der Waals surface area contributed by atoms with Crippen LogP contribution in [0, 0.1) is 6.92 Å². The van der Waals surface area contributed by atoms with Crippen molar-refractivity contribution in [2.24, 2.45) is 0 Å². The summed E-state index contributed by atoms with van der Waals surface area (Å²) < 4.78 is 0. The molecule has 0 aromatic heterocycles. The van der Waals surface area contributed by atoms with Crippen LogP contribution < -0.4 is 5.73 Å². The minimum Gasteiger partial charge on any atom is -0.399 e. The van der Waals surface area contributed by atoms with Gasteiger partial charge in [0, 0.05) is 5.69 Å². The van der Waals surface area contributed by atoms with Crippen LogP contribution in [-0.2, 0) is 0 Å². The Bertz CT molecular complexity index is 560. The third-order valence-electron chi connectivity index (χ3n) is 3.74. The van der Waals surface area contributed by atoms with Gasteiger partial charge >= 0.3 is 0 Å². The average molecular weight is 277 g/mol. The minimum absolute atomic E-state index is 0.791. The van der Waals surface area contributed by atoms with E-state index in [1.165, 1.54) is 22.3 Å². The first kappa shape index (κ1) is 15.1. The molecule has 0 saturated heterocycles. The maximum Gasteiger partial charge on any atom is 0.0314 e. The molecule has 0 bridgehead atoms. The van der Waals surface area contributed by atoms with E-state index in [1.807, 2.05) is 24.3 Å². The molecule has 108 valence electrons. The average Bonchev–Trinajstić information content (AvgIpc) is 2.48. The fourth-order valence-corrected chi connectivity index (χ4v) is 2.31. The second-order valence-electron chi connectivity index (χ2n) is 5.55. The second-order valence-corrected chi connectivity index (χ2v) is 5.55. The number of benzene rings is 2. The molecule has 1 nitrogen and oxygen atoms in total. The van der Waals surface area contributed by atoms with Crippen LogP contribution in [0.4, 0.5) is 5.69 Å². The lowest BCUT2D eigenvalue weighted by Gasteiger charge is -2.09. The van der Waals surface area contributed by atoms with Crippen LogP contribution in [0.3, 0.4) is 0 Å². The van der Waals surface area contributed by atoms with Crippen molar-refractivity contribution in [3.8, 4) is 0 Å². The van der Waals surface area contributed by atoms with Gasteiger partial charge in [-0.15, -0.1) is 0 Å². The van der Waals surface area contributed by atoms with Gasteiger partial charge in [0.1, 0.15) is 0 Å². The van der Waals surface area contributed by atoms with Crippen molar-refractivity contribution in [1.29, 1.82) is 0 Å². The summed E-state index contributed by atoms with van der Waals surface area (Å²) >= 11 is 0. The van der Waals surface area contributed by atoms with Gasteiger partial charge in [-0.2, -0.15) is 0 Å². The lowest BCUT2D eigenvalue weighted by Crippen LogP contribution is -1.88. The first-order chi connectivity index (χ1) is 10.1. The monoisotopic (exact) mass is 277 g/mol. The Balaban J connectivity index is 1.83. The standard InChI is InChI=1S/C20H23N/c1-15-7-9-18(10-8-15)16(2)5-4-6-17(3)19-11-13-20(21)14-12-19/h7-14H,2-6,21H2,1H3. The predicted octanol–water partition coefficient (Wildman–Crippen LogP) is 5.47. The Morgan fingerprint density at radius 2 is 1.24 bits per heavy atom. The molecule has 0 radical (unpaired) electrons. The lowest BCUT2D eigenvalue weighted by molar-refractivity contribution is 0.894. The van der Waals surface area contributed by atoms with Gasteiger partial charge in [0.25, 0.3) is 0 Å². The molecular formula is C20H23N. The van der Waals surface area contributed by atoms with E-state index in [-0.39, 0.29) is 0 Å². The highest BCUT2D eigenvalue weighted by molar-refractivity contribution is 5.66. The highest BCUT2D eigenvalue weighted by atomic mass is 14.5. The van der Waals surface area contributed by atoms with Crippen LogP contribution in [-0.4, -0.2) is 0 Å². The predicted molar refractivity (Wildman–Crippen MR) is 94.0 cm³/mol. The molecule has 0 amide bonds. The van der Waals surface area contributed by atoms with Crippen molar-refractivity contribution >= 4 is 16.8 Å². The third kappa shape index (κ3) is 4.35. The zero-order valence-corrected chi connectivity index (χ0v) is 12.7. The summed E-state index contributed by atoms with van der Waals surface area (Å²) in [5.41, 5.74) is 12.5. The SMILES string of the molecule is C=C(CCCC(=C)c1ccc(N)cc1)c1ccc(C)cc1. The molecule has 0 fully saturated rings. The Hall–Kier alpha value is -2.28. The van der Waals surface area contributed by atoms with E-state index < -0.39 is 0 Å². The molecule has 0 atom stereocenters. The molecule has 0 saturated carbocycles. The van der Waals surface area contributed by atoms with Crippen molar-refractivity contribution in [2.45, 2.75) is 26.2 Å². The van der Waals surface area contributed by atoms with Crippen LogP contribution in [0.5, 0.6) is 0 Å². The minimum atomic E-state index is 0.791. The molecule has 21 heavy (non-hydrogen) atoms. The van der Waals surface area contributed by atoms with Gasteiger partial charge in [-0.25, -0.2) is 0 Å². The zero-order chi connectivity index (χ0) is 15.2. The third-order valence-corrected chi connectivity index (χ3v) is 3.74. The summed E-state index contributed by atoms with van der Waals surface area (Å²) in [4.78, 5) is 0. The van der Waals surface area contributed by atoms with Gasteiger partial charge in [0.15, 0.2) is 0 Å². The highest BCUT2D eigenvalue weighted by Gasteiger charge is 2.02. The van der Waals surface area contributed by atoms with E-state index in [0.717, 1.165) is 30.5 Å². The van der Waals surface area contributed by atoms with E-state index in [4.69, 9.17) is 5.73 Å². The quantitative estimate of drug-likeness (QED) is 0.696. The molecule has 0 aliphatic rings. The maximum atomic E-state index is 5.70. The Kier molecular flexibility index (Phi) is 4.99. The van der Waals surface area contributed by atoms with Crippen LogP contribution in [0.2, 0.25) is 0 Å². The number of nitrogens with two attached hydrogens (primary N) is 1. The largest absolute Gasteiger partial charge is 0.399 e. The van der Waals surface area contributed by atoms with Crippen molar-refractivity contribution in [3.63, 3.8) is 0 Å². The fourth-order valence-electron chi connectivity index (χ4n) is 2.31. The Morgan fingerprint density at radius 3 is 1.71 bits per heavy atom. The Labute approximate surface area is 127 Å². The molecule has 0 heterocycles. The molecule has 2 rings (SSSR count). The summed E-state index contributed by atoms with van der Waals surface area (Å²) in [6.07, 6.45) is 3.04. The van der Waals surface area contributed by atoms with E-state index in [0.29, 0.717) is 0 Å². The van der Waals surface area contributed by atoms with E-state index in [1.54, 1.807) is 0 Å². The molecule has 2 aromatic carbocycles. The number of anilines is 1. The first-order valence-corrected chi connectivity index (χ1v) is 7.35. The van der Waals surface area contributed by atoms with Gasteiger partial charge in [0.05, 0.1) is 0 Å². The van der Waals surface area contributed by atoms with Gasteiger partial charge in [-0.3, -0.25) is 0 Å². The normalized spacial score (nSPS) is 10.3. The molecule has 0 aliphatic carbocycles. The van der Waals surface area contributed by atoms with Gasteiger partial charge in [-0.05, 0) is 60.6 Å². The fraction of sp³-hybridized carbons (Fsp3) is 0.200. The van der Waals surface area contributed by atoms with Crippen molar-refractivity contribution < 1.29 is 0 Å². The molecule has 1 heteroatoms. The van der Waals surface area contributed by atoms with E-state index in [2.05, 4.69) is 44.3 Å². The van der Waals surface area contributed by atoms with Crippen LogP contribution in [0.15, 0.2) is 61.7 Å². The number of allylic oxidation sites excluding steroid dienone is 2. The topological polar surface area (TPSA) is 26.0 Å². The molecule has 0 unspecified atom stereocenters. The van der Waals surface area contributed by atoms with Crippen molar-refractivity contribution in [3.05, 3.63) is 78.4 Å². The molecular weight excluding hydrogens is 254 g/mol. The van der Waals surface area contributed by atoms with Gasteiger partial charge < -0.3 is 5.73 Å². The summed E-state index contributed by atoms with van der Waals surface area (Å²) in [7, 11) is 0. The smallest absolute Gasteiger partial charge is 0.0314 e. The molecule has 0 spiro atoms. The first-order valence-electron chi connectivity index (χ1n) is 7.35. The number of rotatable bonds is 6. The van der Waals surface area contributed by atoms with E-state index >= 15 is 0 Å². The number of nitrogen functional groups attached to an aromatic ring is 1. The van der Waals surface area contributed by atoms with Gasteiger partial charge in [-0.1, -0.05) is 55.1 Å². The molecule has 2 aromatic rings. The van der Waals surface area contributed by atoms with Crippen molar-refractivity contribution in [2.75, 3.05) is 5.73 Å². The summed E-state index contributed by atoms with van der Waals surface area (Å²) in [6, 6.07) is 16.5. The van der Waals surface area contributed by atoms with Crippen LogP contribution in [0.25, 0.3) is 11.1 Å². The van der Waals surface area contributed by atoms with Crippen LogP contribution >= 0.6 is 0 Å².